The van der Waals surface area contributed by atoms with E-state index in [1.165, 1.54) is 12.1 Å². The van der Waals surface area contributed by atoms with Gasteiger partial charge in [-0.3, -0.25) is 4.79 Å². The number of esters is 1. The van der Waals surface area contributed by atoms with Gasteiger partial charge in [0, 0.05) is 0 Å². The molecule has 0 atom stereocenters. The van der Waals surface area contributed by atoms with E-state index in [4.69, 9.17) is 4.74 Å². The molecule has 0 amide bonds. The van der Waals surface area contributed by atoms with Crippen LogP contribution in [0.2, 0.25) is 0 Å². The zero-order valence-electron chi connectivity index (χ0n) is 9.38. The summed E-state index contributed by atoms with van der Waals surface area (Å²) in [7, 11) is 0. The van der Waals surface area contributed by atoms with Gasteiger partial charge in [0.1, 0.15) is 0 Å². The highest BCUT2D eigenvalue weighted by molar-refractivity contribution is 5.72. The molecule has 0 N–H and O–H groups in total. The molecule has 0 bridgehead atoms. The van der Waals surface area contributed by atoms with Gasteiger partial charge >= 0.3 is 12.1 Å². The molecule has 1 rings (SSSR count). The largest absolute Gasteiger partial charge is 0.465 e. The second-order valence-electron chi connectivity index (χ2n) is 3.59. The molecule has 0 aliphatic carbocycles. The predicted molar refractivity (Wildman–Crippen MR) is 56.4 cm³/mol. The fourth-order valence-corrected chi connectivity index (χ4v) is 1.25. The molecule has 5 heteroatoms. The highest BCUT2D eigenvalue weighted by atomic mass is 19.4. The molecule has 1 aromatic carbocycles. The molecule has 0 aromatic heterocycles. The summed E-state index contributed by atoms with van der Waals surface area (Å²) in [6.07, 6.45) is -3.63. The molecule has 0 spiro atoms. The SMILES string of the molecule is CCCOC(=O)Cc1ccc(C(F)(F)F)cc1. The maximum atomic E-state index is 12.3. The van der Waals surface area contributed by atoms with Crippen LogP contribution in [0.3, 0.4) is 0 Å². The summed E-state index contributed by atoms with van der Waals surface area (Å²) in [4.78, 5) is 11.2. The number of hydrogen-bond donors (Lipinski definition) is 0. The van der Waals surface area contributed by atoms with Crippen molar-refractivity contribution >= 4 is 5.97 Å². The van der Waals surface area contributed by atoms with Gasteiger partial charge in [0.15, 0.2) is 0 Å². The van der Waals surface area contributed by atoms with Gasteiger partial charge in [-0.2, -0.15) is 13.2 Å². The van der Waals surface area contributed by atoms with Crippen LogP contribution in [-0.4, -0.2) is 12.6 Å². The summed E-state index contributed by atoms with van der Waals surface area (Å²) in [6, 6.07) is 4.50. The Kier molecular flexibility index (Phi) is 4.54. The Morgan fingerprint density at radius 1 is 1.24 bits per heavy atom. The van der Waals surface area contributed by atoms with Crippen LogP contribution in [0.5, 0.6) is 0 Å². The quantitative estimate of drug-likeness (QED) is 0.762. The molecule has 1 aromatic rings. The van der Waals surface area contributed by atoms with Crippen molar-refractivity contribution in [1.82, 2.24) is 0 Å². The third-order valence-corrected chi connectivity index (χ3v) is 2.10. The molecule has 0 saturated carbocycles. The van der Waals surface area contributed by atoms with Gasteiger partial charge in [-0.15, -0.1) is 0 Å². The minimum atomic E-state index is -4.35. The van der Waals surface area contributed by atoms with Crippen LogP contribution in [0.25, 0.3) is 0 Å². The lowest BCUT2D eigenvalue weighted by molar-refractivity contribution is -0.142. The predicted octanol–water partition coefficient (Wildman–Crippen LogP) is 3.20. The zero-order valence-corrected chi connectivity index (χ0v) is 9.38. The summed E-state index contributed by atoms with van der Waals surface area (Å²) in [6.45, 7) is 2.20. The Hall–Kier alpha value is -1.52. The summed E-state index contributed by atoms with van der Waals surface area (Å²) in [5.74, 6) is -0.424. The highest BCUT2D eigenvalue weighted by Gasteiger charge is 2.29. The van der Waals surface area contributed by atoms with E-state index in [1.54, 1.807) is 0 Å². The maximum Gasteiger partial charge on any atom is 0.416 e. The van der Waals surface area contributed by atoms with Crippen LogP contribution in [0, 0.1) is 0 Å². The smallest absolute Gasteiger partial charge is 0.416 e. The lowest BCUT2D eigenvalue weighted by Gasteiger charge is -2.07. The van der Waals surface area contributed by atoms with Crippen molar-refractivity contribution < 1.29 is 22.7 Å². The van der Waals surface area contributed by atoms with Crippen molar-refractivity contribution in [3.63, 3.8) is 0 Å². The number of alkyl halides is 3. The molecule has 0 aliphatic rings. The van der Waals surface area contributed by atoms with Crippen molar-refractivity contribution in [3.05, 3.63) is 35.4 Å². The first kappa shape index (κ1) is 13.5. The Labute approximate surface area is 97.4 Å². The van der Waals surface area contributed by atoms with Crippen LogP contribution >= 0.6 is 0 Å². The van der Waals surface area contributed by atoms with Crippen LogP contribution in [-0.2, 0) is 22.1 Å². The van der Waals surface area contributed by atoms with Gasteiger partial charge in [0.25, 0.3) is 0 Å². The highest BCUT2D eigenvalue weighted by Crippen LogP contribution is 2.29. The second-order valence-corrected chi connectivity index (χ2v) is 3.59. The summed E-state index contributed by atoms with van der Waals surface area (Å²) < 4.78 is 41.6. The summed E-state index contributed by atoms with van der Waals surface area (Å²) in [5, 5.41) is 0. The number of carbonyl (C=O) groups excluding carboxylic acids is 1. The first-order valence-corrected chi connectivity index (χ1v) is 5.25. The number of carbonyl (C=O) groups is 1. The van der Waals surface area contributed by atoms with Crippen molar-refractivity contribution in [2.45, 2.75) is 25.9 Å². The lowest BCUT2D eigenvalue weighted by atomic mass is 10.1. The summed E-state index contributed by atoms with van der Waals surface area (Å²) in [5.41, 5.74) is -0.206. The molecule has 0 unspecified atom stereocenters. The normalized spacial score (nSPS) is 11.3. The average molecular weight is 246 g/mol. The van der Waals surface area contributed by atoms with Crippen molar-refractivity contribution in [3.8, 4) is 0 Å². The molecule has 2 nitrogen and oxygen atoms in total. The van der Waals surface area contributed by atoms with Gasteiger partial charge in [0.05, 0.1) is 18.6 Å². The molecule has 0 heterocycles. The molecule has 17 heavy (non-hydrogen) atoms. The third-order valence-electron chi connectivity index (χ3n) is 2.10. The van der Waals surface area contributed by atoms with Crippen molar-refractivity contribution in [2.75, 3.05) is 6.61 Å². The molecule has 0 fully saturated rings. The fraction of sp³-hybridized carbons (Fsp3) is 0.417. The minimum Gasteiger partial charge on any atom is -0.465 e. The maximum absolute atomic E-state index is 12.3. The molecule has 0 aliphatic heterocycles. The van der Waals surface area contributed by atoms with Crippen LogP contribution < -0.4 is 0 Å². The molecule has 0 radical (unpaired) electrons. The number of rotatable bonds is 4. The molecule has 0 saturated heterocycles. The molecule has 94 valence electrons. The fourth-order valence-electron chi connectivity index (χ4n) is 1.25. The Morgan fingerprint density at radius 3 is 2.29 bits per heavy atom. The minimum absolute atomic E-state index is 0.00185. The van der Waals surface area contributed by atoms with E-state index >= 15 is 0 Å². The first-order chi connectivity index (χ1) is 7.93. The first-order valence-electron chi connectivity index (χ1n) is 5.25. The number of ether oxygens (including phenoxy) is 1. The Balaban J connectivity index is 2.60. The van der Waals surface area contributed by atoms with E-state index in [0.717, 1.165) is 18.6 Å². The van der Waals surface area contributed by atoms with Gasteiger partial charge in [-0.1, -0.05) is 19.1 Å². The van der Waals surface area contributed by atoms with Crippen molar-refractivity contribution in [2.24, 2.45) is 0 Å². The molecular weight excluding hydrogens is 233 g/mol. The number of benzene rings is 1. The average Bonchev–Trinajstić information content (AvgIpc) is 2.26. The monoisotopic (exact) mass is 246 g/mol. The van der Waals surface area contributed by atoms with E-state index in [9.17, 15) is 18.0 Å². The van der Waals surface area contributed by atoms with Crippen LogP contribution in [0.4, 0.5) is 13.2 Å². The topological polar surface area (TPSA) is 26.3 Å². The Bertz CT molecular complexity index is 368. The molecular formula is C12H13F3O2. The van der Waals surface area contributed by atoms with E-state index < -0.39 is 17.7 Å². The summed E-state index contributed by atoms with van der Waals surface area (Å²) >= 11 is 0. The van der Waals surface area contributed by atoms with Crippen LogP contribution in [0.1, 0.15) is 24.5 Å². The number of halogens is 3. The third kappa shape index (κ3) is 4.46. The lowest BCUT2D eigenvalue weighted by Crippen LogP contribution is -2.09. The van der Waals surface area contributed by atoms with Gasteiger partial charge < -0.3 is 4.74 Å². The number of hydrogen-bond acceptors (Lipinski definition) is 2. The van der Waals surface area contributed by atoms with Gasteiger partial charge in [0.2, 0.25) is 0 Å². The second kappa shape index (κ2) is 5.70. The van der Waals surface area contributed by atoms with Crippen LogP contribution in [0.15, 0.2) is 24.3 Å². The van der Waals surface area contributed by atoms with E-state index in [1.807, 2.05) is 6.92 Å². The van der Waals surface area contributed by atoms with E-state index in [-0.39, 0.29) is 6.42 Å². The zero-order chi connectivity index (χ0) is 12.9. The van der Waals surface area contributed by atoms with Gasteiger partial charge in [-0.25, -0.2) is 0 Å². The standard InChI is InChI=1S/C12H13F3O2/c1-2-7-17-11(16)8-9-3-5-10(6-4-9)12(13,14)15/h3-6H,2,7-8H2,1H3. The van der Waals surface area contributed by atoms with Gasteiger partial charge in [-0.05, 0) is 24.1 Å². The van der Waals surface area contributed by atoms with Crippen molar-refractivity contribution in [1.29, 1.82) is 0 Å². The van der Waals surface area contributed by atoms with E-state index in [0.29, 0.717) is 12.2 Å². The Morgan fingerprint density at radius 2 is 1.82 bits per heavy atom. The van der Waals surface area contributed by atoms with E-state index in [2.05, 4.69) is 0 Å².